The number of rotatable bonds is 5. The maximum Gasteiger partial charge on any atom is 0.433 e. The van der Waals surface area contributed by atoms with Crippen LogP contribution < -0.4 is 10.6 Å². The molecule has 0 saturated carbocycles. The highest BCUT2D eigenvalue weighted by Gasteiger charge is 2.17. The fraction of sp³-hybridized carbons (Fsp3) is 0. The van der Waals surface area contributed by atoms with Crippen LogP contribution in [0.4, 0.5) is 17.3 Å². The van der Waals surface area contributed by atoms with E-state index >= 15 is 0 Å². The van der Waals surface area contributed by atoms with Crippen molar-refractivity contribution >= 4 is 29.1 Å². The first-order valence-electron chi connectivity index (χ1n) is 7.55. The molecule has 0 fully saturated rings. The Morgan fingerprint density at radius 1 is 0.808 bits per heavy atom. The van der Waals surface area contributed by atoms with Crippen LogP contribution in [-0.4, -0.2) is 16.7 Å². The van der Waals surface area contributed by atoms with E-state index in [1.165, 1.54) is 6.07 Å². The maximum atomic E-state index is 12.1. The first kappa shape index (κ1) is 16.9. The molecule has 0 aliphatic heterocycles. The van der Waals surface area contributed by atoms with Crippen LogP contribution in [-0.2, 0) is 0 Å². The smallest absolute Gasteiger partial charge is 0.395 e. The summed E-state index contributed by atoms with van der Waals surface area (Å²) < 4.78 is 4.84. The van der Waals surface area contributed by atoms with Gasteiger partial charge in [-0.05, 0) is 42.5 Å². The molecule has 2 amide bonds. The minimum absolute atomic E-state index is 0.168. The van der Waals surface area contributed by atoms with Gasteiger partial charge in [-0.25, -0.2) is 0 Å². The Kier molecular flexibility index (Phi) is 4.75. The summed E-state index contributed by atoms with van der Waals surface area (Å²) in [5.74, 6) is -1.53. The van der Waals surface area contributed by atoms with Gasteiger partial charge in [0.05, 0.1) is 6.07 Å². The van der Waals surface area contributed by atoms with Gasteiger partial charge in [-0.1, -0.05) is 18.2 Å². The number of nitrogens with one attached hydrogen (secondary N) is 2. The molecular formula is C18H13N3O5. The SMILES string of the molecule is O=C(Nc1ccc(NC(=O)c2ccc([N+](=O)[O-])o2)cc1)c1ccccc1. The Balaban J connectivity index is 1.63. The predicted octanol–water partition coefficient (Wildman–Crippen LogP) is 3.69. The van der Waals surface area contributed by atoms with E-state index in [9.17, 15) is 19.7 Å². The molecular weight excluding hydrogens is 338 g/mol. The fourth-order valence-corrected chi connectivity index (χ4v) is 2.17. The lowest BCUT2D eigenvalue weighted by Gasteiger charge is -2.07. The van der Waals surface area contributed by atoms with Crippen molar-refractivity contribution in [2.75, 3.05) is 10.6 Å². The molecule has 2 aromatic carbocycles. The Morgan fingerprint density at radius 3 is 1.92 bits per heavy atom. The van der Waals surface area contributed by atoms with Gasteiger partial charge in [-0.3, -0.25) is 19.7 Å². The molecule has 0 unspecified atom stereocenters. The molecule has 130 valence electrons. The van der Waals surface area contributed by atoms with E-state index in [-0.39, 0.29) is 11.7 Å². The summed E-state index contributed by atoms with van der Waals surface area (Å²) in [6.07, 6.45) is 0. The summed E-state index contributed by atoms with van der Waals surface area (Å²) in [5.41, 5.74) is 1.54. The van der Waals surface area contributed by atoms with Crippen molar-refractivity contribution in [3.8, 4) is 0 Å². The van der Waals surface area contributed by atoms with Crippen molar-refractivity contribution in [2.24, 2.45) is 0 Å². The molecule has 0 aliphatic carbocycles. The topological polar surface area (TPSA) is 114 Å². The van der Waals surface area contributed by atoms with Gasteiger partial charge in [0.25, 0.3) is 11.8 Å². The van der Waals surface area contributed by atoms with E-state index in [1.807, 2.05) is 6.07 Å². The fourth-order valence-electron chi connectivity index (χ4n) is 2.17. The Morgan fingerprint density at radius 2 is 1.38 bits per heavy atom. The molecule has 1 aromatic heterocycles. The lowest BCUT2D eigenvalue weighted by molar-refractivity contribution is -0.402. The van der Waals surface area contributed by atoms with Crippen LogP contribution in [0.2, 0.25) is 0 Å². The van der Waals surface area contributed by atoms with Crippen LogP contribution in [0.1, 0.15) is 20.9 Å². The van der Waals surface area contributed by atoms with Gasteiger partial charge >= 0.3 is 5.88 Å². The average molecular weight is 351 g/mol. The summed E-state index contributed by atoms with van der Waals surface area (Å²) in [5, 5.41) is 15.9. The summed E-state index contributed by atoms with van der Waals surface area (Å²) in [4.78, 5) is 33.9. The number of nitro groups is 1. The van der Waals surface area contributed by atoms with Crippen molar-refractivity contribution < 1.29 is 18.9 Å². The number of hydrogen-bond donors (Lipinski definition) is 2. The van der Waals surface area contributed by atoms with Gasteiger partial charge in [0.1, 0.15) is 4.92 Å². The summed E-state index contributed by atoms with van der Waals surface area (Å²) in [6, 6.07) is 17.5. The third kappa shape index (κ3) is 3.93. The van der Waals surface area contributed by atoms with Crippen molar-refractivity contribution in [2.45, 2.75) is 0 Å². The second-order valence-electron chi connectivity index (χ2n) is 5.25. The average Bonchev–Trinajstić information content (AvgIpc) is 3.15. The molecule has 3 rings (SSSR count). The van der Waals surface area contributed by atoms with E-state index < -0.39 is 16.7 Å². The molecule has 26 heavy (non-hydrogen) atoms. The van der Waals surface area contributed by atoms with Crippen LogP contribution in [0.15, 0.2) is 71.1 Å². The summed E-state index contributed by atoms with van der Waals surface area (Å²) in [7, 11) is 0. The zero-order valence-electron chi connectivity index (χ0n) is 13.3. The molecule has 3 aromatic rings. The molecule has 0 radical (unpaired) electrons. The number of hydrogen-bond acceptors (Lipinski definition) is 5. The minimum atomic E-state index is -0.721. The lowest BCUT2D eigenvalue weighted by atomic mass is 10.2. The first-order valence-corrected chi connectivity index (χ1v) is 7.55. The molecule has 1 heterocycles. The van der Waals surface area contributed by atoms with Crippen LogP contribution in [0, 0.1) is 10.1 Å². The largest absolute Gasteiger partial charge is 0.433 e. The normalized spacial score (nSPS) is 10.2. The van der Waals surface area contributed by atoms with Crippen molar-refractivity contribution in [1.29, 1.82) is 0 Å². The zero-order valence-corrected chi connectivity index (χ0v) is 13.3. The van der Waals surface area contributed by atoms with E-state index in [4.69, 9.17) is 4.42 Å². The van der Waals surface area contributed by atoms with Gasteiger partial charge in [-0.15, -0.1) is 0 Å². The Hall–Kier alpha value is -3.94. The molecule has 2 N–H and O–H groups in total. The molecule has 8 heteroatoms. The first-order chi connectivity index (χ1) is 12.5. The van der Waals surface area contributed by atoms with E-state index in [0.717, 1.165) is 6.07 Å². The Bertz CT molecular complexity index is 948. The highest BCUT2D eigenvalue weighted by molar-refractivity contribution is 6.05. The van der Waals surface area contributed by atoms with E-state index in [1.54, 1.807) is 48.5 Å². The molecule has 0 bridgehead atoms. The van der Waals surface area contributed by atoms with Crippen molar-refractivity contribution in [3.63, 3.8) is 0 Å². The van der Waals surface area contributed by atoms with Gasteiger partial charge in [0, 0.05) is 16.9 Å². The minimum Gasteiger partial charge on any atom is -0.395 e. The van der Waals surface area contributed by atoms with Gasteiger partial charge in [0.2, 0.25) is 0 Å². The molecule has 0 spiro atoms. The van der Waals surface area contributed by atoms with E-state index in [0.29, 0.717) is 16.9 Å². The number of carbonyl (C=O) groups excluding carboxylic acids is 2. The maximum absolute atomic E-state index is 12.1. The highest BCUT2D eigenvalue weighted by Crippen LogP contribution is 2.19. The summed E-state index contributed by atoms with van der Waals surface area (Å²) in [6.45, 7) is 0. The van der Waals surface area contributed by atoms with Gasteiger partial charge < -0.3 is 15.1 Å². The second-order valence-corrected chi connectivity index (χ2v) is 5.25. The molecule has 8 nitrogen and oxygen atoms in total. The number of amides is 2. The third-order valence-corrected chi connectivity index (χ3v) is 3.43. The van der Waals surface area contributed by atoms with Crippen molar-refractivity contribution in [1.82, 2.24) is 0 Å². The van der Waals surface area contributed by atoms with Crippen LogP contribution >= 0.6 is 0 Å². The molecule has 0 saturated heterocycles. The lowest BCUT2D eigenvalue weighted by Crippen LogP contribution is -2.12. The zero-order chi connectivity index (χ0) is 18.5. The Labute approximate surface area is 147 Å². The van der Waals surface area contributed by atoms with Gasteiger partial charge in [0.15, 0.2) is 5.76 Å². The van der Waals surface area contributed by atoms with Crippen LogP contribution in [0.5, 0.6) is 0 Å². The quantitative estimate of drug-likeness (QED) is 0.537. The number of nitrogens with zero attached hydrogens (tertiary/aromatic N) is 1. The predicted molar refractivity (Wildman–Crippen MR) is 94.2 cm³/mol. The standard InChI is InChI=1S/C18H13N3O5/c22-17(12-4-2-1-3-5-12)19-13-6-8-14(9-7-13)20-18(23)15-10-11-16(26-15)21(24)25/h1-11H,(H,19,22)(H,20,23). The number of benzene rings is 2. The molecule has 0 aliphatic rings. The van der Waals surface area contributed by atoms with Gasteiger partial charge in [-0.2, -0.15) is 0 Å². The number of carbonyl (C=O) groups is 2. The van der Waals surface area contributed by atoms with Crippen LogP contribution in [0.3, 0.4) is 0 Å². The number of furan rings is 1. The summed E-state index contributed by atoms with van der Waals surface area (Å²) >= 11 is 0. The van der Waals surface area contributed by atoms with Crippen molar-refractivity contribution in [3.05, 3.63) is 88.2 Å². The van der Waals surface area contributed by atoms with E-state index in [2.05, 4.69) is 10.6 Å². The third-order valence-electron chi connectivity index (χ3n) is 3.43. The second kappa shape index (κ2) is 7.31. The highest BCUT2D eigenvalue weighted by atomic mass is 16.6. The van der Waals surface area contributed by atoms with Crippen LogP contribution in [0.25, 0.3) is 0 Å². The monoisotopic (exact) mass is 351 g/mol. The molecule has 0 atom stereocenters. The number of anilines is 2.